The molecule has 0 saturated carbocycles. The number of hydrogen-bond acceptors (Lipinski definition) is 2. The number of aromatic nitrogens is 2. The van der Waals surface area contributed by atoms with Gasteiger partial charge >= 0.3 is 0 Å². The summed E-state index contributed by atoms with van der Waals surface area (Å²) in [5, 5.41) is 10.9. The highest BCUT2D eigenvalue weighted by Gasteiger charge is 2.27. The second-order valence-corrected chi connectivity index (χ2v) is 8.81. The summed E-state index contributed by atoms with van der Waals surface area (Å²) in [6, 6.07) is 4.19. The molecule has 4 heteroatoms. The Kier molecular flexibility index (Phi) is 5.34. The van der Waals surface area contributed by atoms with Gasteiger partial charge in [0.15, 0.2) is 0 Å². The molecule has 132 valence electrons. The Morgan fingerprint density at radius 1 is 1.04 bits per heavy atom. The molecule has 1 aromatic heterocycles. The predicted molar refractivity (Wildman–Crippen MR) is 102 cm³/mol. The number of imidazole rings is 1. The van der Waals surface area contributed by atoms with Crippen molar-refractivity contribution in [1.29, 1.82) is 0 Å². The number of hydrogen-bond donors (Lipinski definition) is 1. The minimum absolute atomic E-state index is 0.138. The van der Waals surface area contributed by atoms with E-state index in [0.29, 0.717) is 11.6 Å². The van der Waals surface area contributed by atoms with Crippen LogP contribution in [0.4, 0.5) is 0 Å². The zero-order chi connectivity index (χ0) is 18.1. The minimum atomic E-state index is -0.138. The third-order valence-electron chi connectivity index (χ3n) is 4.27. The molecule has 0 aliphatic heterocycles. The Hall–Kier alpha value is -1.48. The van der Waals surface area contributed by atoms with Crippen molar-refractivity contribution in [2.24, 2.45) is 0 Å². The van der Waals surface area contributed by atoms with Gasteiger partial charge < -0.3 is 9.67 Å². The lowest BCUT2D eigenvalue weighted by atomic mass is 9.78. The molecule has 1 N–H and O–H groups in total. The van der Waals surface area contributed by atoms with Gasteiger partial charge in [-0.3, -0.25) is 0 Å². The van der Waals surface area contributed by atoms with Crippen LogP contribution in [0.1, 0.15) is 59.1 Å². The molecular weight excluding hydrogens is 320 g/mol. The summed E-state index contributed by atoms with van der Waals surface area (Å²) in [6.45, 7) is 13.6. The van der Waals surface area contributed by atoms with Crippen molar-refractivity contribution in [3.05, 3.63) is 35.8 Å². The van der Waals surface area contributed by atoms with Crippen molar-refractivity contribution in [1.82, 2.24) is 9.55 Å². The molecule has 0 fully saturated rings. The number of nitrogens with zero attached hydrogens (tertiary/aromatic N) is 2. The number of phenols is 1. The van der Waals surface area contributed by atoms with Crippen molar-refractivity contribution >= 4 is 11.6 Å². The third kappa shape index (κ3) is 3.94. The van der Waals surface area contributed by atoms with Crippen LogP contribution in [0.5, 0.6) is 5.75 Å². The fraction of sp³-hybridized carbons (Fsp3) is 0.550. The Morgan fingerprint density at radius 2 is 1.58 bits per heavy atom. The van der Waals surface area contributed by atoms with Crippen LogP contribution in [0.3, 0.4) is 0 Å². The first-order valence-electron chi connectivity index (χ1n) is 8.50. The maximum absolute atomic E-state index is 10.9. The van der Waals surface area contributed by atoms with Crippen LogP contribution in [0, 0.1) is 0 Å². The van der Waals surface area contributed by atoms with E-state index in [0.717, 1.165) is 35.3 Å². The van der Waals surface area contributed by atoms with Crippen LogP contribution in [0.2, 0.25) is 0 Å². The SMILES string of the molecule is CC(C)(C)c1cc(-c2cncn2CCCCl)cc(C(C)(C)C)c1O. The van der Waals surface area contributed by atoms with Crippen LogP contribution in [0.15, 0.2) is 24.7 Å². The zero-order valence-electron chi connectivity index (χ0n) is 15.7. The van der Waals surface area contributed by atoms with E-state index in [1.807, 2.05) is 12.5 Å². The van der Waals surface area contributed by atoms with E-state index in [2.05, 4.69) is 63.2 Å². The van der Waals surface area contributed by atoms with E-state index in [4.69, 9.17) is 11.6 Å². The Balaban J connectivity index is 2.65. The summed E-state index contributed by atoms with van der Waals surface area (Å²) in [5.41, 5.74) is 3.82. The monoisotopic (exact) mass is 348 g/mol. The summed E-state index contributed by atoms with van der Waals surface area (Å²) < 4.78 is 2.13. The summed E-state index contributed by atoms with van der Waals surface area (Å²) in [4.78, 5) is 4.31. The van der Waals surface area contributed by atoms with E-state index in [-0.39, 0.29) is 10.8 Å². The number of halogens is 1. The maximum Gasteiger partial charge on any atom is 0.123 e. The summed E-state index contributed by atoms with van der Waals surface area (Å²) in [6.07, 6.45) is 4.64. The van der Waals surface area contributed by atoms with E-state index >= 15 is 0 Å². The largest absolute Gasteiger partial charge is 0.507 e. The summed E-state index contributed by atoms with van der Waals surface area (Å²) >= 11 is 5.84. The minimum Gasteiger partial charge on any atom is -0.507 e. The van der Waals surface area contributed by atoms with Gasteiger partial charge in [-0.25, -0.2) is 4.98 Å². The summed E-state index contributed by atoms with van der Waals surface area (Å²) in [5.74, 6) is 1.04. The molecule has 0 spiro atoms. The topological polar surface area (TPSA) is 38.0 Å². The molecule has 0 aliphatic carbocycles. The van der Waals surface area contributed by atoms with Crippen molar-refractivity contribution in [3.63, 3.8) is 0 Å². The first-order chi connectivity index (χ1) is 11.1. The average molecular weight is 349 g/mol. The molecule has 0 aliphatic rings. The van der Waals surface area contributed by atoms with Crippen LogP contribution < -0.4 is 0 Å². The Morgan fingerprint density at radius 3 is 2.04 bits per heavy atom. The number of aryl methyl sites for hydroxylation is 1. The van der Waals surface area contributed by atoms with Crippen molar-refractivity contribution in [3.8, 4) is 17.0 Å². The lowest BCUT2D eigenvalue weighted by Crippen LogP contribution is -2.17. The van der Waals surface area contributed by atoms with Crippen LogP contribution >= 0.6 is 11.6 Å². The van der Waals surface area contributed by atoms with Crippen LogP contribution in [0.25, 0.3) is 11.3 Å². The third-order valence-corrected chi connectivity index (χ3v) is 4.53. The molecule has 0 bridgehead atoms. The van der Waals surface area contributed by atoms with Gasteiger partial charge in [0, 0.05) is 29.1 Å². The molecule has 0 amide bonds. The van der Waals surface area contributed by atoms with Gasteiger partial charge in [0.2, 0.25) is 0 Å². The molecule has 3 nitrogen and oxygen atoms in total. The quantitative estimate of drug-likeness (QED) is 0.743. The number of alkyl halides is 1. The zero-order valence-corrected chi connectivity index (χ0v) is 16.4. The fourth-order valence-corrected chi connectivity index (χ4v) is 3.01. The molecular formula is C20H29ClN2O. The lowest BCUT2D eigenvalue weighted by molar-refractivity contribution is 0.423. The second-order valence-electron chi connectivity index (χ2n) is 8.43. The standard InChI is InChI=1S/C20H29ClN2O/c1-19(2,3)15-10-14(11-16(18(15)24)20(4,5)6)17-12-22-13-23(17)9-7-8-21/h10-13,24H,7-9H2,1-6H3. The molecule has 0 saturated heterocycles. The van der Waals surface area contributed by atoms with E-state index in [1.165, 1.54) is 0 Å². The first-order valence-corrected chi connectivity index (χ1v) is 9.03. The molecule has 1 aromatic carbocycles. The van der Waals surface area contributed by atoms with Gasteiger partial charge in [-0.2, -0.15) is 0 Å². The Bertz CT molecular complexity index is 670. The molecule has 1 heterocycles. The van der Waals surface area contributed by atoms with Crippen LogP contribution in [-0.4, -0.2) is 20.5 Å². The highest BCUT2D eigenvalue weighted by atomic mass is 35.5. The van der Waals surface area contributed by atoms with E-state index < -0.39 is 0 Å². The van der Waals surface area contributed by atoms with Crippen molar-refractivity contribution in [2.75, 3.05) is 5.88 Å². The normalized spacial score (nSPS) is 12.6. The second kappa shape index (κ2) is 6.79. The first kappa shape index (κ1) is 18.9. The maximum atomic E-state index is 10.9. The van der Waals surface area contributed by atoms with Gasteiger partial charge in [-0.1, -0.05) is 41.5 Å². The van der Waals surface area contributed by atoms with Gasteiger partial charge in [0.1, 0.15) is 5.75 Å². The van der Waals surface area contributed by atoms with E-state index in [9.17, 15) is 5.11 Å². The molecule has 2 rings (SSSR count). The fourth-order valence-electron chi connectivity index (χ4n) is 2.90. The smallest absolute Gasteiger partial charge is 0.123 e. The summed E-state index contributed by atoms with van der Waals surface area (Å²) in [7, 11) is 0. The molecule has 24 heavy (non-hydrogen) atoms. The van der Waals surface area contributed by atoms with E-state index in [1.54, 1.807) is 0 Å². The van der Waals surface area contributed by atoms with Crippen molar-refractivity contribution in [2.45, 2.75) is 65.3 Å². The highest BCUT2D eigenvalue weighted by Crippen LogP contribution is 2.41. The molecule has 0 atom stereocenters. The van der Waals surface area contributed by atoms with Gasteiger partial charge in [0.25, 0.3) is 0 Å². The van der Waals surface area contributed by atoms with Gasteiger partial charge in [0.05, 0.1) is 18.2 Å². The average Bonchev–Trinajstić information content (AvgIpc) is 2.91. The molecule has 2 aromatic rings. The molecule has 0 radical (unpaired) electrons. The van der Waals surface area contributed by atoms with Gasteiger partial charge in [-0.05, 0) is 29.4 Å². The predicted octanol–water partition coefficient (Wildman–Crippen LogP) is 5.48. The van der Waals surface area contributed by atoms with Crippen LogP contribution in [-0.2, 0) is 17.4 Å². The number of benzene rings is 1. The number of rotatable bonds is 4. The lowest BCUT2D eigenvalue weighted by Gasteiger charge is -2.28. The number of aromatic hydroxyl groups is 1. The highest BCUT2D eigenvalue weighted by molar-refractivity contribution is 6.17. The molecule has 0 unspecified atom stereocenters. The Labute approximate surface area is 150 Å². The number of phenolic OH excluding ortho intramolecular Hbond substituents is 1. The van der Waals surface area contributed by atoms with Crippen molar-refractivity contribution < 1.29 is 5.11 Å². The van der Waals surface area contributed by atoms with Gasteiger partial charge in [-0.15, -0.1) is 11.6 Å².